The second kappa shape index (κ2) is 6.41. The number of nitrogens with one attached hydrogen (secondary N) is 1. The molecule has 1 aromatic carbocycles. The van der Waals surface area contributed by atoms with Crippen LogP contribution < -0.4 is 5.32 Å². The van der Waals surface area contributed by atoms with E-state index in [4.69, 9.17) is 4.98 Å². The number of thiazole rings is 1. The van der Waals surface area contributed by atoms with Gasteiger partial charge in [0.25, 0.3) is 0 Å². The molecule has 0 spiro atoms. The molecule has 0 unspecified atom stereocenters. The predicted molar refractivity (Wildman–Crippen MR) is 98.3 cm³/mol. The average molecular weight is 357 g/mol. The van der Waals surface area contributed by atoms with E-state index in [9.17, 15) is 9.59 Å². The Morgan fingerprint density at radius 3 is 3.04 bits per heavy atom. The summed E-state index contributed by atoms with van der Waals surface area (Å²) in [6.45, 7) is 2.85. The van der Waals surface area contributed by atoms with Gasteiger partial charge in [0.1, 0.15) is 5.01 Å². The first-order valence-corrected chi connectivity index (χ1v) is 9.82. The van der Waals surface area contributed by atoms with Gasteiger partial charge in [0.05, 0.1) is 16.3 Å². The molecular formula is C19H23N3O2S. The van der Waals surface area contributed by atoms with Crippen LogP contribution in [0.15, 0.2) is 24.3 Å². The van der Waals surface area contributed by atoms with Crippen molar-refractivity contribution in [3.05, 3.63) is 29.3 Å². The van der Waals surface area contributed by atoms with Crippen molar-refractivity contribution in [2.24, 2.45) is 0 Å². The van der Waals surface area contributed by atoms with Crippen molar-refractivity contribution >= 4 is 33.4 Å². The van der Waals surface area contributed by atoms with E-state index >= 15 is 0 Å². The summed E-state index contributed by atoms with van der Waals surface area (Å²) in [5.74, 6) is 0.285. The lowest BCUT2D eigenvalue weighted by molar-refractivity contribution is -0.132. The van der Waals surface area contributed by atoms with Crippen molar-refractivity contribution in [2.75, 3.05) is 6.54 Å². The van der Waals surface area contributed by atoms with Gasteiger partial charge in [0.15, 0.2) is 0 Å². The maximum atomic E-state index is 12.8. The van der Waals surface area contributed by atoms with Crippen molar-refractivity contribution < 1.29 is 9.59 Å². The minimum atomic E-state index is -0.224. The van der Waals surface area contributed by atoms with Crippen LogP contribution in [0.25, 0.3) is 10.2 Å². The van der Waals surface area contributed by atoms with Gasteiger partial charge in [-0.05, 0) is 44.7 Å². The quantitative estimate of drug-likeness (QED) is 0.912. The number of fused-ring (bicyclic) bond motifs is 1. The van der Waals surface area contributed by atoms with E-state index in [0.29, 0.717) is 19.3 Å². The summed E-state index contributed by atoms with van der Waals surface area (Å²) in [5.41, 5.74) is 0.792. The normalized spacial score (nSPS) is 26.4. The number of carbonyl (C=O) groups excluding carboxylic acids is 2. The predicted octanol–water partition coefficient (Wildman–Crippen LogP) is 3.41. The maximum absolute atomic E-state index is 12.8. The molecule has 3 heterocycles. The largest absolute Gasteiger partial charge is 0.351 e. The fourth-order valence-corrected chi connectivity index (χ4v) is 5.03. The van der Waals surface area contributed by atoms with Crippen molar-refractivity contribution in [3.63, 3.8) is 0 Å². The van der Waals surface area contributed by atoms with E-state index in [1.165, 1.54) is 4.70 Å². The molecule has 1 aromatic heterocycles. The third kappa shape index (κ3) is 3.27. The molecule has 5 nitrogen and oxygen atoms in total. The lowest BCUT2D eigenvalue weighted by atomic mass is 9.94. The number of benzene rings is 1. The summed E-state index contributed by atoms with van der Waals surface area (Å²) in [4.78, 5) is 31.0. The molecule has 2 aliphatic rings. The fourth-order valence-electron chi connectivity index (χ4n) is 3.92. The molecule has 2 amide bonds. The van der Waals surface area contributed by atoms with Gasteiger partial charge in [-0.1, -0.05) is 12.1 Å². The molecule has 25 heavy (non-hydrogen) atoms. The molecule has 0 saturated carbocycles. The average Bonchev–Trinajstić information content (AvgIpc) is 3.30. The molecule has 4 rings (SSSR count). The Morgan fingerprint density at radius 2 is 2.28 bits per heavy atom. The Labute approximate surface area is 151 Å². The molecule has 2 saturated heterocycles. The van der Waals surface area contributed by atoms with Crippen LogP contribution in [0.5, 0.6) is 0 Å². The Hall–Kier alpha value is -1.95. The fraction of sp³-hybridized carbons (Fsp3) is 0.526. The number of likely N-dealkylation sites (tertiary alicyclic amines) is 1. The standard InChI is InChI=1S/C19H23N3O2S/c1-19(10-8-16(23)21-19)11-9-17(24)22-12-4-6-14(22)18-20-13-5-2-3-7-15(13)25-18/h2-3,5,7,14H,4,6,8-12H2,1H3,(H,21,23)/t14-,19-/m0/s1. The molecule has 0 bridgehead atoms. The second-order valence-corrected chi connectivity index (χ2v) is 8.44. The summed E-state index contributed by atoms with van der Waals surface area (Å²) in [6, 6.07) is 8.25. The highest BCUT2D eigenvalue weighted by molar-refractivity contribution is 7.18. The smallest absolute Gasteiger partial charge is 0.223 e. The van der Waals surface area contributed by atoms with E-state index in [-0.39, 0.29) is 23.4 Å². The highest BCUT2D eigenvalue weighted by atomic mass is 32.1. The van der Waals surface area contributed by atoms with E-state index in [1.54, 1.807) is 11.3 Å². The summed E-state index contributed by atoms with van der Waals surface area (Å²) in [7, 11) is 0. The van der Waals surface area contributed by atoms with Gasteiger partial charge in [-0.15, -0.1) is 11.3 Å². The van der Waals surface area contributed by atoms with Crippen molar-refractivity contribution in [1.82, 2.24) is 15.2 Å². The van der Waals surface area contributed by atoms with Gasteiger partial charge < -0.3 is 10.2 Å². The van der Waals surface area contributed by atoms with Crippen LogP contribution in [-0.2, 0) is 9.59 Å². The zero-order chi connectivity index (χ0) is 17.4. The van der Waals surface area contributed by atoms with Crippen LogP contribution in [0.1, 0.15) is 56.5 Å². The van der Waals surface area contributed by atoms with Crippen LogP contribution in [0.4, 0.5) is 0 Å². The molecule has 1 N–H and O–H groups in total. The number of rotatable bonds is 4. The van der Waals surface area contributed by atoms with E-state index < -0.39 is 0 Å². The molecule has 0 radical (unpaired) electrons. The highest BCUT2D eigenvalue weighted by Gasteiger charge is 2.36. The molecule has 132 valence electrons. The van der Waals surface area contributed by atoms with Crippen LogP contribution >= 0.6 is 11.3 Å². The third-order valence-corrected chi connectivity index (χ3v) is 6.54. The van der Waals surface area contributed by atoms with Crippen molar-refractivity contribution in [2.45, 2.75) is 57.0 Å². The molecule has 0 aliphatic carbocycles. The summed E-state index contributed by atoms with van der Waals surface area (Å²) < 4.78 is 1.18. The first-order valence-electron chi connectivity index (χ1n) is 9.00. The monoisotopic (exact) mass is 357 g/mol. The summed E-state index contributed by atoms with van der Waals surface area (Å²) >= 11 is 1.70. The van der Waals surface area contributed by atoms with Gasteiger partial charge in [-0.25, -0.2) is 4.98 Å². The summed E-state index contributed by atoms with van der Waals surface area (Å²) in [5, 5.41) is 4.07. The molecule has 2 fully saturated rings. The van der Waals surface area contributed by atoms with Crippen molar-refractivity contribution in [3.8, 4) is 0 Å². The number of aromatic nitrogens is 1. The summed E-state index contributed by atoms with van der Waals surface area (Å²) in [6.07, 6.45) is 4.60. The number of carbonyl (C=O) groups is 2. The van der Waals surface area contributed by atoms with Gasteiger partial charge in [-0.3, -0.25) is 9.59 Å². The number of nitrogens with zero attached hydrogens (tertiary/aromatic N) is 2. The number of para-hydroxylation sites is 1. The zero-order valence-corrected chi connectivity index (χ0v) is 15.3. The lowest BCUT2D eigenvalue weighted by Crippen LogP contribution is -2.40. The molecule has 2 aromatic rings. The number of hydrogen-bond acceptors (Lipinski definition) is 4. The Balaban J connectivity index is 1.45. The molecule has 2 atom stereocenters. The highest BCUT2D eigenvalue weighted by Crippen LogP contribution is 2.37. The lowest BCUT2D eigenvalue weighted by Gasteiger charge is -2.27. The Bertz CT molecular complexity index is 785. The van der Waals surface area contributed by atoms with Gasteiger partial charge in [0, 0.05) is 24.9 Å². The molecule has 6 heteroatoms. The number of amides is 2. The maximum Gasteiger partial charge on any atom is 0.223 e. The Kier molecular flexibility index (Phi) is 4.23. The second-order valence-electron chi connectivity index (χ2n) is 7.37. The molecular weight excluding hydrogens is 334 g/mol. The topological polar surface area (TPSA) is 62.3 Å². The minimum absolute atomic E-state index is 0.100. The Morgan fingerprint density at radius 1 is 1.44 bits per heavy atom. The van der Waals surface area contributed by atoms with Crippen LogP contribution in [0.3, 0.4) is 0 Å². The van der Waals surface area contributed by atoms with Crippen LogP contribution in [0.2, 0.25) is 0 Å². The first-order chi connectivity index (χ1) is 12.0. The number of hydrogen-bond donors (Lipinski definition) is 1. The third-order valence-electron chi connectivity index (χ3n) is 5.40. The van der Waals surface area contributed by atoms with E-state index in [2.05, 4.69) is 11.4 Å². The van der Waals surface area contributed by atoms with E-state index in [1.807, 2.05) is 30.0 Å². The zero-order valence-electron chi connectivity index (χ0n) is 14.5. The first kappa shape index (κ1) is 16.5. The van der Waals surface area contributed by atoms with Gasteiger partial charge >= 0.3 is 0 Å². The van der Waals surface area contributed by atoms with Gasteiger partial charge in [0.2, 0.25) is 11.8 Å². The minimum Gasteiger partial charge on any atom is -0.351 e. The van der Waals surface area contributed by atoms with Crippen molar-refractivity contribution in [1.29, 1.82) is 0 Å². The van der Waals surface area contributed by atoms with E-state index in [0.717, 1.165) is 36.3 Å². The van der Waals surface area contributed by atoms with Crippen LogP contribution in [0, 0.1) is 0 Å². The van der Waals surface area contributed by atoms with Crippen LogP contribution in [-0.4, -0.2) is 33.8 Å². The van der Waals surface area contributed by atoms with Gasteiger partial charge in [-0.2, -0.15) is 0 Å². The SMILES string of the molecule is C[C@@]1(CCC(=O)N2CCC[C@H]2c2nc3ccccc3s2)CCC(=O)N1. The molecule has 2 aliphatic heterocycles.